The Bertz CT molecular complexity index is 1120. The Morgan fingerprint density at radius 3 is 2.70 bits per heavy atom. The number of carbonyl (C=O) groups is 1. The van der Waals surface area contributed by atoms with Gasteiger partial charge >= 0.3 is 0 Å². The molecule has 0 saturated heterocycles. The maximum absolute atomic E-state index is 12.8. The molecule has 0 atom stereocenters. The molecule has 27 heavy (non-hydrogen) atoms. The fourth-order valence-corrected chi connectivity index (χ4v) is 3.12. The topological polar surface area (TPSA) is 77.6 Å². The molecule has 1 amide bonds. The highest BCUT2D eigenvalue weighted by molar-refractivity contribution is 6.06. The Hall–Kier alpha value is -3.48. The van der Waals surface area contributed by atoms with E-state index in [2.05, 4.69) is 34.3 Å². The number of aromatic nitrogens is 5. The van der Waals surface area contributed by atoms with E-state index in [1.54, 1.807) is 12.4 Å². The van der Waals surface area contributed by atoms with Gasteiger partial charge in [0, 0.05) is 24.0 Å². The zero-order valence-corrected chi connectivity index (χ0v) is 15.4. The number of nitrogens with one attached hydrogen (secondary N) is 1. The Kier molecular flexibility index (Phi) is 4.19. The van der Waals surface area contributed by atoms with Crippen LogP contribution in [0.5, 0.6) is 0 Å². The molecule has 7 heteroatoms. The quantitative estimate of drug-likeness (QED) is 0.602. The highest BCUT2D eigenvalue weighted by Crippen LogP contribution is 2.21. The van der Waals surface area contributed by atoms with Crippen molar-refractivity contribution in [2.75, 3.05) is 5.32 Å². The minimum Gasteiger partial charge on any atom is -0.340 e. The van der Waals surface area contributed by atoms with E-state index in [0.717, 1.165) is 10.9 Å². The number of fused-ring (bicyclic) bond motifs is 1. The lowest BCUT2D eigenvalue weighted by Gasteiger charge is -2.11. The maximum Gasteiger partial charge on any atom is 0.273 e. The number of carbonyl (C=O) groups excluding carboxylic acids is 1. The lowest BCUT2D eigenvalue weighted by Crippen LogP contribution is -2.16. The summed E-state index contributed by atoms with van der Waals surface area (Å²) in [7, 11) is 1.88. The lowest BCUT2D eigenvalue weighted by molar-refractivity contribution is 0.101. The Labute approximate surface area is 156 Å². The van der Waals surface area contributed by atoms with Crippen molar-refractivity contribution >= 4 is 22.6 Å². The summed E-state index contributed by atoms with van der Waals surface area (Å²) in [5, 5.41) is 12.0. The van der Waals surface area contributed by atoms with E-state index >= 15 is 0 Å². The van der Waals surface area contributed by atoms with Gasteiger partial charge in [-0.3, -0.25) is 4.79 Å². The van der Waals surface area contributed by atoms with Crippen LogP contribution in [0.3, 0.4) is 0 Å². The van der Waals surface area contributed by atoms with Crippen molar-refractivity contribution in [1.82, 2.24) is 24.3 Å². The van der Waals surface area contributed by atoms with E-state index in [1.165, 1.54) is 0 Å². The van der Waals surface area contributed by atoms with Crippen molar-refractivity contribution in [3.63, 3.8) is 0 Å². The third kappa shape index (κ3) is 3.08. The van der Waals surface area contributed by atoms with Gasteiger partial charge in [0.25, 0.3) is 5.91 Å². The third-order valence-corrected chi connectivity index (χ3v) is 4.53. The number of hydrogen-bond acceptors (Lipinski definition) is 4. The van der Waals surface area contributed by atoms with Crippen LogP contribution in [0.4, 0.5) is 5.82 Å². The summed E-state index contributed by atoms with van der Waals surface area (Å²) in [5.74, 6) is 0.940. The Balaban J connectivity index is 1.64. The number of benzene rings is 1. The maximum atomic E-state index is 12.8. The van der Waals surface area contributed by atoms with Crippen molar-refractivity contribution in [1.29, 1.82) is 0 Å². The molecule has 1 N–H and O–H groups in total. The third-order valence-electron chi connectivity index (χ3n) is 4.53. The summed E-state index contributed by atoms with van der Waals surface area (Å²) in [5.41, 5.74) is 2.25. The Morgan fingerprint density at radius 2 is 1.93 bits per heavy atom. The van der Waals surface area contributed by atoms with Crippen LogP contribution in [0.2, 0.25) is 0 Å². The van der Waals surface area contributed by atoms with Gasteiger partial charge in [0.05, 0.1) is 0 Å². The van der Waals surface area contributed by atoms with Gasteiger partial charge in [-0.1, -0.05) is 24.3 Å². The molecule has 0 saturated carbocycles. The first-order valence-corrected chi connectivity index (χ1v) is 8.77. The first kappa shape index (κ1) is 17.0. The largest absolute Gasteiger partial charge is 0.340 e. The van der Waals surface area contributed by atoms with Gasteiger partial charge in [0.1, 0.15) is 23.5 Å². The summed E-state index contributed by atoms with van der Waals surface area (Å²) >= 11 is 0. The number of para-hydroxylation sites is 1. The number of hydrogen-bond donors (Lipinski definition) is 1. The van der Waals surface area contributed by atoms with Crippen LogP contribution in [-0.2, 0) is 7.05 Å². The van der Waals surface area contributed by atoms with Gasteiger partial charge in [-0.15, -0.1) is 10.2 Å². The van der Waals surface area contributed by atoms with Crippen molar-refractivity contribution in [2.45, 2.75) is 19.9 Å². The van der Waals surface area contributed by atoms with E-state index in [4.69, 9.17) is 0 Å². The monoisotopic (exact) mass is 360 g/mol. The molecule has 0 bridgehead atoms. The second kappa shape index (κ2) is 6.68. The zero-order valence-electron chi connectivity index (χ0n) is 15.4. The van der Waals surface area contributed by atoms with E-state index in [0.29, 0.717) is 23.0 Å². The number of aryl methyl sites for hydroxylation is 1. The van der Waals surface area contributed by atoms with E-state index in [9.17, 15) is 4.79 Å². The lowest BCUT2D eigenvalue weighted by atomic mass is 10.2. The van der Waals surface area contributed by atoms with Crippen LogP contribution >= 0.6 is 0 Å². The molecular formula is C20H20N6O. The second-order valence-corrected chi connectivity index (χ2v) is 6.67. The fraction of sp³-hybridized carbons (Fsp3) is 0.200. The van der Waals surface area contributed by atoms with E-state index < -0.39 is 0 Å². The molecule has 1 aromatic carbocycles. The van der Waals surface area contributed by atoms with Gasteiger partial charge in [0.2, 0.25) is 0 Å². The summed E-state index contributed by atoms with van der Waals surface area (Å²) in [6.45, 7) is 4.11. The molecular weight excluding hydrogens is 340 g/mol. The summed E-state index contributed by atoms with van der Waals surface area (Å²) < 4.78 is 3.82. The number of anilines is 1. The molecule has 136 valence electrons. The molecule has 0 aliphatic heterocycles. The van der Waals surface area contributed by atoms with Crippen molar-refractivity contribution < 1.29 is 4.79 Å². The SMILES string of the molecule is CC(C)n1cnnc1-c1cccc(NC(=O)c2cc3ccccc3n2C)n1. The van der Waals surface area contributed by atoms with E-state index in [1.807, 2.05) is 58.6 Å². The van der Waals surface area contributed by atoms with Crippen molar-refractivity contribution in [2.24, 2.45) is 7.05 Å². The highest BCUT2D eigenvalue weighted by Gasteiger charge is 2.15. The summed E-state index contributed by atoms with van der Waals surface area (Å²) in [4.78, 5) is 17.3. The standard InChI is InChI=1S/C20H20N6O/c1-13(2)26-12-21-24-19(26)15-8-6-10-18(22-15)23-20(27)17-11-14-7-4-5-9-16(14)25(17)3/h4-13H,1-3H3,(H,22,23,27). The van der Waals surface area contributed by atoms with Crippen molar-refractivity contribution in [3.05, 3.63) is 60.6 Å². The first-order chi connectivity index (χ1) is 13.0. The van der Waals surface area contributed by atoms with Gasteiger partial charge < -0.3 is 14.5 Å². The van der Waals surface area contributed by atoms with Crippen LogP contribution in [0.15, 0.2) is 54.9 Å². The number of rotatable bonds is 4. The molecule has 3 heterocycles. The zero-order chi connectivity index (χ0) is 19.0. The molecule has 3 aromatic heterocycles. The normalized spacial score (nSPS) is 11.3. The van der Waals surface area contributed by atoms with Crippen LogP contribution in [0.25, 0.3) is 22.4 Å². The van der Waals surface area contributed by atoms with Crippen molar-refractivity contribution in [3.8, 4) is 11.5 Å². The highest BCUT2D eigenvalue weighted by atomic mass is 16.2. The number of pyridine rings is 1. The molecule has 0 radical (unpaired) electrons. The van der Waals surface area contributed by atoms with Gasteiger partial charge in [-0.25, -0.2) is 4.98 Å². The van der Waals surface area contributed by atoms with Crippen LogP contribution in [0.1, 0.15) is 30.4 Å². The average Bonchev–Trinajstić information content (AvgIpc) is 3.28. The van der Waals surface area contributed by atoms with Gasteiger partial charge in [0.15, 0.2) is 5.82 Å². The average molecular weight is 360 g/mol. The number of amides is 1. The minimum absolute atomic E-state index is 0.205. The van der Waals surface area contributed by atoms with Crippen LogP contribution < -0.4 is 5.32 Å². The van der Waals surface area contributed by atoms with Gasteiger partial charge in [-0.05, 0) is 38.1 Å². The number of nitrogens with zero attached hydrogens (tertiary/aromatic N) is 5. The second-order valence-electron chi connectivity index (χ2n) is 6.67. The molecule has 0 aliphatic carbocycles. The first-order valence-electron chi connectivity index (χ1n) is 8.77. The minimum atomic E-state index is -0.205. The van der Waals surface area contributed by atoms with Gasteiger partial charge in [-0.2, -0.15) is 0 Å². The predicted molar refractivity (Wildman–Crippen MR) is 105 cm³/mol. The summed E-state index contributed by atoms with van der Waals surface area (Å²) in [6, 6.07) is 15.5. The molecule has 7 nitrogen and oxygen atoms in total. The molecule has 0 unspecified atom stereocenters. The van der Waals surface area contributed by atoms with E-state index in [-0.39, 0.29) is 11.9 Å². The van der Waals surface area contributed by atoms with Crippen LogP contribution in [0, 0.1) is 0 Å². The molecule has 0 fully saturated rings. The smallest absolute Gasteiger partial charge is 0.273 e. The Morgan fingerprint density at radius 1 is 1.11 bits per heavy atom. The fourth-order valence-electron chi connectivity index (χ4n) is 3.12. The molecule has 0 aliphatic rings. The molecule has 4 rings (SSSR count). The molecule has 0 spiro atoms. The molecule has 4 aromatic rings. The summed E-state index contributed by atoms with van der Waals surface area (Å²) in [6.07, 6.45) is 1.68. The van der Waals surface area contributed by atoms with Crippen LogP contribution in [-0.4, -0.2) is 30.2 Å². The predicted octanol–water partition coefficient (Wildman–Crippen LogP) is 3.67.